The van der Waals surface area contributed by atoms with Crippen LogP contribution in [0, 0.1) is 0 Å². The van der Waals surface area contributed by atoms with E-state index in [4.69, 9.17) is 24.0 Å². The van der Waals surface area contributed by atoms with Crippen molar-refractivity contribution in [1.82, 2.24) is 0 Å². The third kappa shape index (κ3) is 19.3. The predicted molar refractivity (Wildman–Crippen MR) is 156 cm³/mol. The molecule has 0 aromatic heterocycles. The fourth-order valence-corrected chi connectivity index (χ4v) is 8.27. The highest BCUT2D eigenvalue weighted by atomic mass is 31.2. The van der Waals surface area contributed by atoms with Gasteiger partial charge in [-0.1, -0.05) is 0 Å². The van der Waals surface area contributed by atoms with Crippen LogP contribution in [0.3, 0.4) is 0 Å². The van der Waals surface area contributed by atoms with Crippen LogP contribution in [-0.2, 0) is 86.9 Å². The fraction of sp³-hybridized carbons (Fsp3) is 1.00. The molecule has 0 unspecified atom stereocenters. The molecule has 43 heteroatoms. The molecule has 2 heterocycles. The first-order chi connectivity index (χ1) is 24.2. The Hall–Kier alpha value is 0.760. The lowest BCUT2D eigenvalue weighted by atomic mass is 9.99. The van der Waals surface area contributed by atoms with E-state index < -0.39 is 137 Å². The van der Waals surface area contributed by atoms with Crippen molar-refractivity contribution in [2.24, 2.45) is 0 Å². The minimum absolute atomic E-state index is 1.73. The van der Waals surface area contributed by atoms with Gasteiger partial charge < -0.3 is 92.5 Å². The summed E-state index contributed by atoms with van der Waals surface area (Å²) in [6, 6.07) is 0. The number of ether oxygens (including phenoxy) is 3. The fourth-order valence-electron chi connectivity index (χ4n) is 4.43. The van der Waals surface area contributed by atoms with Gasteiger partial charge in [0, 0.05) is 0 Å². The molecule has 55 heavy (non-hydrogen) atoms. The molecule has 0 saturated carbocycles. The highest BCUT2D eigenvalue weighted by molar-refractivity contribution is 7.48. The van der Waals surface area contributed by atoms with E-state index in [1.54, 1.807) is 0 Å². The summed E-state index contributed by atoms with van der Waals surface area (Å²) in [6.07, 6.45) is -24.3. The van der Waals surface area contributed by atoms with Gasteiger partial charge in [-0.3, -0.25) is 36.2 Å². The molecular weight excluding hydrogens is 952 g/mol. The van der Waals surface area contributed by atoms with Gasteiger partial charge in [0.2, 0.25) is 5.79 Å². The molecule has 0 bridgehead atoms. The topological polar surface area (TPSA) is 562 Å². The van der Waals surface area contributed by atoms with Crippen molar-refractivity contribution in [2.45, 2.75) is 54.8 Å². The summed E-state index contributed by atoms with van der Waals surface area (Å²) in [6.45, 7) is -5.67. The molecule has 2 rings (SSSR count). The van der Waals surface area contributed by atoms with Gasteiger partial charge >= 0.3 is 62.6 Å². The number of hydrogen-bond donors (Lipinski definition) is 16. The molecule has 2 aliphatic heterocycles. The van der Waals surface area contributed by atoms with Crippen molar-refractivity contribution >= 4 is 62.6 Å². The zero-order valence-electron chi connectivity index (χ0n) is 25.7. The van der Waals surface area contributed by atoms with Gasteiger partial charge in [0.1, 0.15) is 43.2 Å². The van der Waals surface area contributed by atoms with Crippen molar-refractivity contribution in [3.05, 3.63) is 0 Å². The Morgan fingerprint density at radius 1 is 0.418 bits per heavy atom. The van der Waals surface area contributed by atoms with Gasteiger partial charge in [-0.15, -0.1) is 0 Å². The molecule has 0 amide bonds. The van der Waals surface area contributed by atoms with Crippen molar-refractivity contribution in [3.8, 4) is 0 Å². The van der Waals surface area contributed by atoms with Gasteiger partial charge in [0.05, 0.1) is 13.2 Å². The summed E-state index contributed by atoms with van der Waals surface area (Å²) >= 11 is 0. The van der Waals surface area contributed by atoms with E-state index in [1.165, 1.54) is 0 Å². The predicted octanol–water partition coefficient (Wildman–Crippen LogP) is -4.46. The number of rotatable bonds is 21. The van der Waals surface area contributed by atoms with Gasteiger partial charge in [-0.2, -0.15) is 0 Å². The van der Waals surface area contributed by atoms with Crippen LogP contribution in [0.15, 0.2) is 0 Å². The highest BCUT2D eigenvalue weighted by Gasteiger charge is 2.65. The molecule has 2 fully saturated rings. The Bertz CT molecular complexity index is 1700. The molecular formula is C12H30O35P8. The summed E-state index contributed by atoms with van der Waals surface area (Å²) in [5, 5.41) is 0. The van der Waals surface area contributed by atoms with Crippen LogP contribution in [0.1, 0.15) is 0 Å². The third-order valence-electron chi connectivity index (χ3n) is 5.89. The quantitative estimate of drug-likeness (QED) is 0.0482. The largest absolute Gasteiger partial charge is 0.470 e. The molecule has 328 valence electrons. The first kappa shape index (κ1) is 51.9. The summed E-state index contributed by atoms with van der Waals surface area (Å²) in [7, 11) is -48.2. The second-order valence-corrected chi connectivity index (χ2v) is 19.9. The van der Waals surface area contributed by atoms with Crippen molar-refractivity contribution in [1.29, 1.82) is 0 Å². The van der Waals surface area contributed by atoms with E-state index in [0.29, 0.717) is 0 Å². The average molecular weight is 982 g/mol. The highest BCUT2D eigenvalue weighted by Crippen LogP contribution is 2.56. The van der Waals surface area contributed by atoms with E-state index >= 15 is 0 Å². The van der Waals surface area contributed by atoms with E-state index in [-0.39, 0.29) is 0 Å². The SMILES string of the molecule is O=P(O)(O)OC[C@H]1O[C@@](COP(=O)(O)O)(O[C@H]2O[C@H](COP(=O)(O)O)[C@@H](OP(=O)(O)O)[C@H](OP(=O)(O)O)[C@H]2OP(=O)(O)O)[C@@H](OP(=O)(O)O)[C@@H]1OP(=O)(O)O. The zero-order chi connectivity index (χ0) is 43.0. The molecule has 2 saturated heterocycles. The lowest BCUT2D eigenvalue weighted by Crippen LogP contribution is -2.64. The van der Waals surface area contributed by atoms with Crippen LogP contribution in [0.4, 0.5) is 0 Å². The Morgan fingerprint density at radius 3 is 1.18 bits per heavy atom. The van der Waals surface area contributed by atoms with Crippen LogP contribution in [0.2, 0.25) is 0 Å². The second-order valence-electron chi connectivity index (χ2n) is 10.2. The molecule has 9 atom stereocenters. The first-order valence-electron chi connectivity index (χ1n) is 13.0. The van der Waals surface area contributed by atoms with Gasteiger partial charge in [0.15, 0.2) is 12.4 Å². The van der Waals surface area contributed by atoms with Crippen molar-refractivity contribution in [3.63, 3.8) is 0 Å². The monoisotopic (exact) mass is 982 g/mol. The first-order valence-corrected chi connectivity index (χ1v) is 25.2. The molecule has 35 nitrogen and oxygen atoms in total. The zero-order valence-corrected chi connectivity index (χ0v) is 32.9. The molecule has 0 spiro atoms. The minimum atomic E-state index is -6.24. The summed E-state index contributed by atoms with van der Waals surface area (Å²) in [4.78, 5) is 151. The van der Waals surface area contributed by atoms with Crippen LogP contribution in [0.25, 0.3) is 0 Å². The Kier molecular flexibility index (Phi) is 17.4. The van der Waals surface area contributed by atoms with Gasteiger partial charge in [-0.05, 0) is 0 Å². The van der Waals surface area contributed by atoms with Crippen LogP contribution in [0.5, 0.6) is 0 Å². The van der Waals surface area contributed by atoms with Crippen LogP contribution in [-0.4, -0.2) is 153 Å². The summed E-state index contributed by atoms with van der Waals surface area (Å²) < 4.78 is 144. The van der Waals surface area contributed by atoms with E-state index in [2.05, 4.69) is 36.2 Å². The number of phosphoric ester groups is 8. The van der Waals surface area contributed by atoms with E-state index in [1.807, 2.05) is 0 Å². The van der Waals surface area contributed by atoms with Crippen molar-refractivity contribution in [2.75, 3.05) is 19.8 Å². The standard InChI is InChI=1S/C12H30O35P8/c13-48(14,15)37-1-4-6(43-51(22,23)24)8(45-53(28,29)30)9(46-54(31,32)33)11(40-4)42-12(3-39-50(19,20)21)10(47-55(34,35)36)7(44-52(25,26)27)5(41-12)2-38-49(16,17)18/h4-11H,1-3H2,(H2,13,14,15)(H2,16,17,18)(H2,19,20,21)(H2,22,23,24)(H2,25,26,27)(H2,28,29,30)(H2,31,32,33)(H2,34,35,36)/t4-,5-,6-,7-,8+,9-,10+,11-,12+/m1/s1. The lowest BCUT2D eigenvalue weighted by Gasteiger charge is -2.47. The normalized spacial score (nSPS) is 30.8. The van der Waals surface area contributed by atoms with E-state index in [9.17, 15) is 105 Å². The summed E-state index contributed by atoms with van der Waals surface area (Å²) in [5.41, 5.74) is 0. The molecule has 0 aromatic rings. The van der Waals surface area contributed by atoms with Gasteiger partial charge in [0.25, 0.3) is 0 Å². The smallest absolute Gasteiger partial charge is 0.341 e. The maximum absolute atomic E-state index is 12.1. The Labute approximate surface area is 302 Å². The molecule has 0 aromatic carbocycles. The number of phosphoric acid groups is 8. The van der Waals surface area contributed by atoms with E-state index in [0.717, 1.165) is 0 Å². The molecule has 16 N–H and O–H groups in total. The second kappa shape index (κ2) is 18.4. The van der Waals surface area contributed by atoms with Gasteiger partial charge in [-0.25, -0.2) is 36.5 Å². The third-order valence-corrected chi connectivity index (χ3v) is 9.90. The number of hydrogen-bond acceptors (Lipinski definition) is 19. The molecule has 0 radical (unpaired) electrons. The molecule has 0 aliphatic carbocycles. The molecule has 2 aliphatic rings. The minimum Gasteiger partial charge on any atom is -0.341 e. The Balaban J connectivity index is 3.02. The van der Waals surface area contributed by atoms with Crippen molar-refractivity contribution < 1.29 is 165 Å². The summed E-state index contributed by atoms with van der Waals surface area (Å²) in [5.74, 6) is -3.90. The average Bonchev–Trinajstić information content (AvgIpc) is 3.15. The van der Waals surface area contributed by atoms with Crippen LogP contribution < -0.4 is 0 Å². The maximum Gasteiger partial charge on any atom is 0.470 e. The van der Waals surface area contributed by atoms with Crippen LogP contribution >= 0.6 is 62.6 Å². The maximum atomic E-state index is 12.1. The lowest BCUT2D eigenvalue weighted by molar-refractivity contribution is -0.376. The Morgan fingerprint density at radius 2 is 0.782 bits per heavy atom.